The first kappa shape index (κ1) is 34.9. The maximum absolute atomic E-state index is 12.5. The molecule has 1 amide bonds. The summed E-state index contributed by atoms with van der Waals surface area (Å²) in [5.74, 6) is 1.03. The predicted octanol–water partition coefficient (Wildman–Crippen LogP) is 8.97. The molecule has 2 aliphatic rings. The van der Waals surface area contributed by atoms with Crippen molar-refractivity contribution < 1.29 is 28.3 Å². The quantitative estimate of drug-likeness (QED) is 0.123. The van der Waals surface area contributed by atoms with Gasteiger partial charge < -0.3 is 24.6 Å². The summed E-state index contributed by atoms with van der Waals surface area (Å²) >= 11 is 0. The minimum atomic E-state index is -0.935. The van der Waals surface area contributed by atoms with Crippen molar-refractivity contribution in [2.75, 3.05) is 11.9 Å². The van der Waals surface area contributed by atoms with Crippen LogP contribution in [0.5, 0.6) is 0 Å². The average molecular weight is 679 g/mol. The minimum Gasteiger partial charge on any atom is -0.481 e. The van der Waals surface area contributed by atoms with Gasteiger partial charge >= 0.3 is 5.97 Å². The molecule has 4 heterocycles. The van der Waals surface area contributed by atoms with Gasteiger partial charge in [0.2, 0.25) is 5.78 Å². The largest absolute Gasteiger partial charge is 0.481 e. The third-order valence-electron chi connectivity index (χ3n) is 10.1. The van der Waals surface area contributed by atoms with E-state index in [4.69, 9.17) is 13.9 Å². The van der Waals surface area contributed by atoms with Gasteiger partial charge in [-0.15, -0.1) is 0 Å². The molecule has 1 atom stereocenters. The monoisotopic (exact) mass is 678 g/mol. The van der Waals surface area contributed by atoms with Gasteiger partial charge in [0.05, 0.1) is 12.5 Å². The van der Waals surface area contributed by atoms with Crippen LogP contribution in [0, 0.1) is 25.7 Å². The van der Waals surface area contributed by atoms with Crippen LogP contribution in [0.4, 0.5) is 5.69 Å². The fourth-order valence-electron chi connectivity index (χ4n) is 7.34. The van der Waals surface area contributed by atoms with Crippen LogP contribution in [0.25, 0.3) is 22.2 Å². The van der Waals surface area contributed by atoms with E-state index >= 15 is 0 Å². The smallest absolute Gasteiger partial charge is 0.305 e. The number of benzene rings is 1. The van der Waals surface area contributed by atoms with E-state index in [-0.39, 0.29) is 36.6 Å². The van der Waals surface area contributed by atoms with Crippen LogP contribution in [0.3, 0.4) is 0 Å². The molecule has 0 radical (unpaired) electrons. The number of anilines is 1. The summed E-state index contributed by atoms with van der Waals surface area (Å²) in [6, 6.07) is 14.9. The summed E-state index contributed by atoms with van der Waals surface area (Å²) in [5, 5.41) is 15.0. The first-order valence-electron chi connectivity index (χ1n) is 17.9. The zero-order valence-electron chi connectivity index (χ0n) is 28.9. The molecule has 7 rings (SSSR count). The molecule has 3 N–H and O–H groups in total. The molecule has 5 aromatic rings. The van der Waals surface area contributed by atoms with Gasteiger partial charge in [0, 0.05) is 47.2 Å². The van der Waals surface area contributed by atoms with Crippen LogP contribution in [0.1, 0.15) is 114 Å². The number of fused-ring (bicyclic) bond motifs is 2. The number of aryl methyl sites for hydroxylation is 2. The molecule has 10 heteroatoms. The molecular formula is C40H46N4O6. The lowest BCUT2D eigenvalue weighted by molar-refractivity contribution is -0.136. The number of nitrogens with one attached hydrogen (secondary N) is 2. The number of Topliss-reactive ketones (excluding diaryl/α,β-unsaturated/α-hetero) is 1. The molecular weight excluding hydrogens is 632 g/mol. The highest BCUT2D eigenvalue weighted by Crippen LogP contribution is 2.40. The topological polar surface area (TPSA) is 148 Å². The normalized spacial score (nSPS) is 16.0. The van der Waals surface area contributed by atoms with Crippen molar-refractivity contribution in [2.45, 2.75) is 90.5 Å². The number of carbonyl (C=O) groups excluding carboxylic acids is 2. The van der Waals surface area contributed by atoms with E-state index < -0.39 is 5.97 Å². The molecule has 0 saturated heterocycles. The summed E-state index contributed by atoms with van der Waals surface area (Å²) in [4.78, 5) is 44.1. The summed E-state index contributed by atoms with van der Waals surface area (Å²) < 4.78 is 12.0. The van der Waals surface area contributed by atoms with Gasteiger partial charge in [0.1, 0.15) is 16.8 Å². The highest BCUT2D eigenvalue weighted by molar-refractivity contribution is 6.00. The van der Waals surface area contributed by atoms with E-state index in [0.29, 0.717) is 22.8 Å². The van der Waals surface area contributed by atoms with Crippen molar-refractivity contribution in [3.63, 3.8) is 0 Å². The number of aromatic nitrogens is 2. The molecule has 0 bridgehead atoms. The highest BCUT2D eigenvalue weighted by Gasteiger charge is 2.30. The molecule has 0 aliphatic heterocycles. The van der Waals surface area contributed by atoms with Crippen molar-refractivity contribution in [3.8, 4) is 0 Å². The standard InChI is InChI=1S/C25H29N3O4.C15H17NO2/c1-16-22-20(8-5-14-26-22)32-24(16)23(17-6-3-2-4-7-17)28-19-11-9-18(10-12-19)25(31)27-15-13-21(29)30;1-10-13-12(8-5-9-16-13)18-15(10)14(17)11-6-3-2-4-7-11/h5,8-12,14,17,23,28H,2-4,6-7,13,15H2,1H3,(H,27,31)(H,29,30);5,8-9,11H,2-4,6-7H2,1H3. The third kappa shape index (κ3) is 8.07. The predicted molar refractivity (Wildman–Crippen MR) is 192 cm³/mol. The number of aliphatic carboxylic acids is 1. The summed E-state index contributed by atoms with van der Waals surface area (Å²) in [7, 11) is 0. The number of carboxylic acids is 1. The number of hydrogen-bond donors (Lipinski definition) is 3. The fraction of sp³-hybridized carbons (Fsp3) is 0.425. The fourth-order valence-corrected chi connectivity index (χ4v) is 7.34. The van der Waals surface area contributed by atoms with Gasteiger partial charge in [-0.2, -0.15) is 0 Å². The molecule has 1 unspecified atom stereocenters. The maximum Gasteiger partial charge on any atom is 0.305 e. The Labute approximate surface area is 292 Å². The molecule has 262 valence electrons. The van der Waals surface area contributed by atoms with Crippen LogP contribution in [-0.2, 0) is 4.79 Å². The van der Waals surface area contributed by atoms with Crippen LogP contribution in [-0.4, -0.2) is 39.3 Å². The molecule has 50 heavy (non-hydrogen) atoms. The summed E-state index contributed by atoms with van der Waals surface area (Å²) in [5.41, 5.74) is 6.61. The lowest BCUT2D eigenvalue weighted by atomic mass is 9.82. The number of carbonyl (C=O) groups is 3. The molecule has 2 aliphatic carbocycles. The third-order valence-corrected chi connectivity index (χ3v) is 10.1. The van der Waals surface area contributed by atoms with Gasteiger partial charge in [0.25, 0.3) is 5.91 Å². The van der Waals surface area contributed by atoms with Crippen molar-refractivity contribution >= 4 is 45.5 Å². The molecule has 2 saturated carbocycles. The van der Waals surface area contributed by atoms with Gasteiger partial charge in [-0.25, -0.2) is 0 Å². The minimum absolute atomic E-state index is 0.0275. The van der Waals surface area contributed by atoms with Crippen LogP contribution >= 0.6 is 0 Å². The van der Waals surface area contributed by atoms with Crippen LogP contribution < -0.4 is 10.6 Å². The zero-order chi connectivity index (χ0) is 35.0. The Bertz CT molecular complexity index is 1930. The van der Waals surface area contributed by atoms with E-state index in [9.17, 15) is 14.4 Å². The van der Waals surface area contributed by atoms with Gasteiger partial charge in [-0.1, -0.05) is 38.5 Å². The second kappa shape index (κ2) is 16.1. The van der Waals surface area contributed by atoms with Crippen molar-refractivity contribution in [2.24, 2.45) is 11.8 Å². The van der Waals surface area contributed by atoms with E-state index in [1.54, 1.807) is 24.5 Å². The van der Waals surface area contributed by atoms with E-state index in [0.717, 1.165) is 77.7 Å². The van der Waals surface area contributed by atoms with Gasteiger partial charge in [-0.05, 0) is 94.0 Å². The zero-order valence-corrected chi connectivity index (χ0v) is 28.9. The number of pyridine rings is 2. The Morgan fingerprint density at radius 3 is 2.00 bits per heavy atom. The van der Waals surface area contributed by atoms with Crippen molar-refractivity contribution in [1.82, 2.24) is 15.3 Å². The van der Waals surface area contributed by atoms with Crippen LogP contribution in [0.2, 0.25) is 0 Å². The lowest BCUT2D eigenvalue weighted by Gasteiger charge is -2.31. The number of carboxylic acid groups (broad SMARTS) is 1. The number of amides is 1. The molecule has 0 spiro atoms. The number of ketones is 1. The molecule has 1 aromatic carbocycles. The average Bonchev–Trinajstić information content (AvgIpc) is 3.67. The molecule has 2 fully saturated rings. The Morgan fingerprint density at radius 2 is 1.40 bits per heavy atom. The Kier molecular flexibility index (Phi) is 11.3. The summed E-state index contributed by atoms with van der Waals surface area (Å²) in [6.07, 6.45) is 15.0. The highest BCUT2D eigenvalue weighted by atomic mass is 16.4. The summed E-state index contributed by atoms with van der Waals surface area (Å²) in [6.45, 7) is 4.10. The van der Waals surface area contributed by atoms with Gasteiger partial charge in [0.15, 0.2) is 16.9 Å². The van der Waals surface area contributed by atoms with Crippen molar-refractivity contribution in [3.05, 3.63) is 89.1 Å². The van der Waals surface area contributed by atoms with E-state index in [1.807, 2.05) is 43.3 Å². The second-order valence-corrected chi connectivity index (χ2v) is 13.5. The Balaban J connectivity index is 0.000000202. The van der Waals surface area contributed by atoms with Crippen LogP contribution in [0.15, 0.2) is 69.8 Å². The van der Waals surface area contributed by atoms with Crippen molar-refractivity contribution in [1.29, 1.82) is 0 Å². The first-order valence-corrected chi connectivity index (χ1v) is 17.9. The Morgan fingerprint density at radius 1 is 0.800 bits per heavy atom. The molecule has 4 aromatic heterocycles. The number of nitrogens with zero attached hydrogens (tertiary/aromatic N) is 2. The SMILES string of the molecule is Cc1c(C(=O)C2CCCCC2)oc2cccnc12.Cc1c(C(Nc2ccc(C(=O)NCCC(=O)O)cc2)C2CCCCC2)oc2cccnc12. The lowest BCUT2D eigenvalue weighted by Crippen LogP contribution is -2.26. The first-order chi connectivity index (χ1) is 24.3. The second-order valence-electron chi connectivity index (χ2n) is 13.5. The van der Waals surface area contributed by atoms with E-state index in [2.05, 4.69) is 27.5 Å². The number of rotatable bonds is 10. The van der Waals surface area contributed by atoms with Gasteiger partial charge in [-0.3, -0.25) is 24.4 Å². The molecule has 10 nitrogen and oxygen atoms in total. The Hall–Kier alpha value is -4.99. The number of furan rings is 2. The maximum atomic E-state index is 12.5. The number of hydrogen-bond acceptors (Lipinski definition) is 8. The van der Waals surface area contributed by atoms with E-state index in [1.165, 1.54) is 25.7 Å².